The molecule has 0 aromatic carbocycles. The van der Waals surface area contributed by atoms with E-state index in [4.69, 9.17) is 11.6 Å². The quantitative estimate of drug-likeness (QED) is 0.279. The summed E-state index contributed by atoms with van der Waals surface area (Å²) in [6.45, 7) is 1.49. The van der Waals surface area contributed by atoms with E-state index in [1.165, 1.54) is 11.8 Å². The van der Waals surface area contributed by atoms with Gasteiger partial charge in [0.05, 0.1) is 4.92 Å². The van der Waals surface area contributed by atoms with E-state index < -0.39 is 4.92 Å². The smallest absolute Gasteiger partial charge is 0.348 e. The van der Waals surface area contributed by atoms with Gasteiger partial charge in [0.2, 0.25) is 11.0 Å². The van der Waals surface area contributed by atoms with Gasteiger partial charge in [0.1, 0.15) is 0 Å². The summed E-state index contributed by atoms with van der Waals surface area (Å²) in [5.41, 5.74) is -0.193. The zero-order valence-corrected chi connectivity index (χ0v) is 12.0. The molecule has 1 fully saturated rings. The first-order valence-electron chi connectivity index (χ1n) is 5.22. The largest absolute Gasteiger partial charge is 0.349 e. The van der Waals surface area contributed by atoms with Crippen LogP contribution in [0.3, 0.4) is 0 Å². The Labute approximate surface area is 118 Å². The predicted molar refractivity (Wildman–Crippen MR) is 75.0 cm³/mol. The molecule has 0 spiro atoms. The zero-order chi connectivity index (χ0) is 13.1. The molecule has 1 aliphatic rings. The topological polar surface area (TPSA) is 72.2 Å². The van der Waals surface area contributed by atoms with Crippen LogP contribution in [-0.2, 0) is 0 Å². The highest BCUT2D eigenvalue weighted by Gasteiger charge is 2.28. The summed E-state index contributed by atoms with van der Waals surface area (Å²) in [4.78, 5) is 20.6. The third kappa shape index (κ3) is 2.81. The summed E-state index contributed by atoms with van der Waals surface area (Å²) in [6.07, 6.45) is 1.81. The molecule has 0 amide bonds. The van der Waals surface area contributed by atoms with Crippen molar-refractivity contribution in [1.82, 2.24) is 9.97 Å². The third-order valence-electron chi connectivity index (χ3n) is 2.48. The van der Waals surface area contributed by atoms with Crippen LogP contribution >= 0.6 is 35.1 Å². The van der Waals surface area contributed by atoms with Gasteiger partial charge in [-0.15, -0.1) is 0 Å². The lowest BCUT2D eigenvalue weighted by Crippen LogP contribution is -2.33. The normalized spacial score (nSPS) is 15.8. The van der Waals surface area contributed by atoms with Gasteiger partial charge in [-0.1, -0.05) is 23.4 Å². The Kier molecular flexibility index (Phi) is 4.52. The maximum Gasteiger partial charge on any atom is 0.348 e. The van der Waals surface area contributed by atoms with Gasteiger partial charge >= 0.3 is 5.69 Å². The van der Waals surface area contributed by atoms with Crippen molar-refractivity contribution < 1.29 is 4.92 Å². The molecule has 1 aliphatic heterocycles. The van der Waals surface area contributed by atoms with Gasteiger partial charge < -0.3 is 4.90 Å². The minimum absolute atomic E-state index is 0.0902. The molecule has 0 bridgehead atoms. The number of rotatable bonds is 3. The highest BCUT2D eigenvalue weighted by atomic mass is 35.5. The Morgan fingerprint density at radius 1 is 1.44 bits per heavy atom. The number of hydrogen-bond donors (Lipinski definition) is 0. The molecule has 98 valence electrons. The van der Waals surface area contributed by atoms with E-state index in [0.717, 1.165) is 24.6 Å². The van der Waals surface area contributed by atoms with Crippen LogP contribution in [0, 0.1) is 10.1 Å². The van der Waals surface area contributed by atoms with Gasteiger partial charge in [-0.3, -0.25) is 10.1 Å². The molecule has 18 heavy (non-hydrogen) atoms. The molecule has 6 nitrogen and oxygen atoms in total. The van der Waals surface area contributed by atoms with Crippen LogP contribution in [0.5, 0.6) is 0 Å². The zero-order valence-electron chi connectivity index (χ0n) is 9.63. The number of aromatic nitrogens is 2. The van der Waals surface area contributed by atoms with E-state index in [2.05, 4.69) is 9.97 Å². The maximum atomic E-state index is 11.1. The standard InChI is InChI=1S/C9H11ClN4O2S2/c1-17-9-11-7(10)6(14(15)16)8(12-9)13-2-4-18-5-3-13/h2-5H2,1H3. The maximum absolute atomic E-state index is 11.1. The average Bonchev–Trinajstić information content (AvgIpc) is 2.38. The van der Waals surface area contributed by atoms with Crippen LogP contribution in [0.4, 0.5) is 11.5 Å². The lowest BCUT2D eigenvalue weighted by atomic mass is 10.4. The molecule has 1 aromatic heterocycles. The summed E-state index contributed by atoms with van der Waals surface area (Å²) >= 11 is 9.04. The van der Waals surface area contributed by atoms with Gasteiger partial charge in [-0.05, 0) is 6.26 Å². The lowest BCUT2D eigenvalue weighted by molar-refractivity contribution is -0.384. The summed E-state index contributed by atoms with van der Waals surface area (Å²) in [7, 11) is 0. The number of nitrogens with zero attached hydrogens (tertiary/aromatic N) is 4. The highest BCUT2D eigenvalue weighted by molar-refractivity contribution is 7.99. The third-order valence-corrected chi connectivity index (χ3v) is 4.23. The van der Waals surface area contributed by atoms with Crippen molar-refractivity contribution in [3.8, 4) is 0 Å². The molecule has 0 radical (unpaired) electrons. The molecule has 2 rings (SSSR count). The van der Waals surface area contributed by atoms with Crippen molar-refractivity contribution in [1.29, 1.82) is 0 Å². The molecule has 0 aliphatic carbocycles. The highest BCUT2D eigenvalue weighted by Crippen LogP contribution is 2.34. The van der Waals surface area contributed by atoms with Gasteiger partial charge in [0.25, 0.3) is 0 Å². The van der Waals surface area contributed by atoms with Crippen molar-refractivity contribution in [3.05, 3.63) is 15.3 Å². The molecular weight excluding hydrogens is 296 g/mol. The SMILES string of the molecule is CSc1nc(Cl)c([N+](=O)[O-])c(N2CCSCC2)n1. The first kappa shape index (κ1) is 13.7. The molecule has 0 saturated carbocycles. The molecular formula is C9H11ClN4O2S2. The van der Waals surface area contributed by atoms with Crippen LogP contribution in [-0.4, -0.2) is 45.7 Å². The second-order valence-electron chi connectivity index (χ2n) is 3.53. The van der Waals surface area contributed by atoms with Crippen LogP contribution in [0.1, 0.15) is 0 Å². The van der Waals surface area contributed by atoms with E-state index in [0.29, 0.717) is 11.0 Å². The van der Waals surface area contributed by atoms with Gasteiger partial charge in [0.15, 0.2) is 5.16 Å². The van der Waals surface area contributed by atoms with Gasteiger partial charge in [0, 0.05) is 24.6 Å². The van der Waals surface area contributed by atoms with E-state index >= 15 is 0 Å². The Morgan fingerprint density at radius 2 is 2.11 bits per heavy atom. The molecule has 0 N–H and O–H groups in total. The second-order valence-corrected chi connectivity index (χ2v) is 5.89. The molecule has 0 unspecified atom stereocenters. The lowest BCUT2D eigenvalue weighted by Gasteiger charge is -2.27. The summed E-state index contributed by atoms with van der Waals surface area (Å²) < 4.78 is 0. The molecule has 9 heteroatoms. The number of nitro groups is 1. The molecule has 0 atom stereocenters. The number of anilines is 1. The minimum atomic E-state index is -0.510. The van der Waals surface area contributed by atoms with Crippen molar-refractivity contribution in [2.75, 3.05) is 35.8 Å². The Balaban J connectivity index is 2.47. The van der Waals surface area contributed by atoms with Crippen LogP contribution in [0.25, 0.3) is 0 Å². The predicted octanol–water partition coefficient (Wildman–Crippen LogP) is 2.31. The van der Waals surface area contributed by atoms with Crippen molar-refractivity contribution >= 4 is 46.6 Å². The number of halogens is 1. The second kappa shape index (κ2) is 5.94. The number of hydrogen-bond acceptors (Lipinski definition) is 7. The fraction of sp³-hybridized carbons (Fsp3) is 0.556. The summed E-state index contributed by atoms with van der Waals surface area (Å²) in [5.74, 6) is 2.21. The van der Waals surface area contributed by atoms with E-state index in [-0.39, 0.29) is 10.8 Å². The first-order valence-corrected chi connectivity index (χ1v) is 7.98. The van der Waals surface area contributed by atoms with E-state index in [9.17, 15) is 10.1 Å². The fourth-order valence-corrected chi connectivity index (χ4v) is 3.19. The van der Waals surface area contributed by atoms with Gasteiger partial charge in [-0.2, -0.15) is 16.7 Å². The fourth-order valence-electron chi connectivity index (χ4n) is 1.64. The first-order chi connectivity index (χ1) is 8.63. The molecule has 1 aromatic rings. The summed E-state index contributed by atoms with van der Waals surface area (Å²) in [6, 6.07) is 0. The monoisotopic (exact) mass is 306 g/mol. The number of thioether (sulfide) groups is 2. The van der Waals surface area contributed by atoms with Gasteiger partial charge in [-0.25, -0.2) is 4.98 Å². The summed E-state index contributed by atoms with van der Waals surface area (Å²) in [5, 5.41) is 11.5. The van der Waals surface area contributed by atoms with Crippen molar-refractivity contribution in [2.24, 2.45) is 0 Å². The van der Waals surface area contributed by atoms with Crippen molar-refractivity contribution in [3.63, 3.8) is 0 Å². The van der Waals surface area contributed by atoms with Crippen LogP contribution < -0.4 is 4.90 Å². The Hall–Kier alpha value is -0.730. The van der Waals surface area contributed by atoms with Crippen LogP contribution in [0.15, 0.2) is 5.16 Å². The Bertz CT molecular complexity index is 468. The van der Waals surface area contributed by atoms with Crippen LogP contribution in [0.2, 0.25) is 5.15 Å². The molecule has 1 saturated heterocycles. The average molecular weight is 307 g/mol. The van der Waals surface area contributed by atoms with E-state index in [1.54, 1.807) is 0 Å². The Morgan fingerprint density at radius 3 is 2.67 bits per heavy atom. The molecule has 2 heterocycles. The van der Waals surface area contributed by atoms with E-state index in [1.807, 2.05) is 22.9 Å². The van der Waals surface area contributed by atoms with Crippen molar-refractivity contribution in [2.45, 2.75) is 5.16 Å². The minimum Gasteiger partial charge on any atom is -0.349 e.